The number of carbonyl (C=O) groups excluding carboxylic acids is 1. The van der Waals surface area contributed by atoms with Crippen LogP contribution >= 0.6 is 0 Å². The molecule has 108 valence electrons. The first-order valence-electron chi connectivity index (χ1n) is 6.72. The number of amides is 2. The van der Waals surface area contributed by atoms with Crippen LogP contribution in [-0.2, 0) is 4.79 Å². The van der Waals surface area contributed by atoms with Gasteiger partial charge in [-0.2, -0.15) is 0 Å². The molecular formula is C15H20N2O3. The molecule has 20 heavy (non-hydrogen) atoms. The van der Waals surface area contributed by atoms with Crippen LogP contribution in [0.3, 0.4) is 0 Å². The number of aliphatic carboxylic acids is 1. The van der Waals surface area contributed by atoms with Gasteiger partial charge in [0.2, 0.25) is 0 Å². The number of rotatable bonds is 2. The molecule has 5 heteroatoms. The highest BCUT2D eigenvalue weighted by atomic mass is 16.4. The fraction of sp³-hybridized carbons (Fsp3) is 0.467. The van der Waals surface area contributed by atoms with Crippen molar-refractivity contribution in [3.63, 3.8) is 0 Å². The molecule has 0 aliphatic carbocycles. The molecule has 5 nitrogen and oxygen atoms in total. The Bertz CT molecular complexity index is 530. The molecule has 1 heterocycles. The van der Waals surface area contributed by atoms with E-state index >= 15 is 0 Å². The summed E-state index contributed by atoms with van der Waals surface area (Å²) in [5.74, 6) is -1.31. The molecule has 0 spiro atoms. The SMILES string of the molecule is Cc1cccc(N(C)C(=O)N2C[C@@H](C)[C@H](C(=O)O)C2)c1. The normalized spacial score (nSPS) is 21.9. The number of likely N-dealkylation sites (tertiary alicyclic amines) is 1. The van der Waals surface area contributed by atoms with Crippen molar-refractivity contribution in [2.24, 2.45) is 11.8 Å². The molecular weight excluding hydrogens is 256 g/mol. The van der Waals surface area contributed by atoms with Crippen LogP contribution in [0, 0.1) is 18.8 Å². The lowest BCUT2D eigenvalue weighted by molar-refractivity contribution is -0.142. The quantitative estimate of drug-likeness (QED) is 0.900. The lowest BCUT2D eigenvalue weighted by Gasteiger charge is -2.25. The Balaban J connectivity index is 2.10. The minimum absolute atomic E-state index is 0.0117. The first-order chi connectivity index (χ1) is 9.40. The first-order valence-corrected chi connectivity index (χ1v) is 6.72. The predicted octanol–water partition coefficient (Wildman–Crippen LogP) is 2.20. The smallest absolute Gasteiger partial charge is 0.324 e. The van der Waals surface area contributed by atoms with Crippen LogP contribution in [0.4, 0.5) is 10.5 Å². The van der Waals surface area contributed by atoms with Gasteiger partial charge in [0.1, 0.15) is 0 Å². The van der Waals surface area contributed by atoms with Crippen molar-refractivity contribution >= 4 is 17.7 Å². The van der Waals surface area contributed by atoms with E-state index in [0.717, 1.165) is 11.3 Å². The van der Waals surface area contributed by atoms with E-state index in [4.69, 9.17) is 5.11 Å². The van der Waals surface area contributed by atoms with E-state index in [1.165, 1.54) is 0 Å². The molecule has 0 bridgehead atoms. The van der Waals surface area contributed by atoms with Crippen molar-refractivity contribution < 1.29 is 14.7 Å². The second-order valence-electron chi connectivity index (χ2n) is 5.51. The molecule has 2 rings (SSSR count). The average molecular weight is 276 g/mol. The number of benzene rings is 1. The number of anilines is 1. The van der Waals surface area contributed by atoms with E-state index in [-0.39, 0.29) is 18.5 Å². The van der Waals surface area contributed by atoms with E-state index in [9.17, 15) is 9.59 Å². The summed E-state index contributed by atoms with van der Waals surface area (Å²) in [7, 11) is 1.72. The Kier molecular flexibility index (Phi) is 3.97. The molecule has 1 aliphatic rings. The summed E-state index contributed by atoms with van der Waals surface area (Å²) in [5, 5.41) is 9.12. The van der Waals surface area contributed by atoms with Crippen molar-refractivity contribution in [3.05, 3.63) is 29.8 Å². The van der Waals surface area contributed by atoms with E-state index in [1.807, 2.05) is 38.1 Å². The Morgan fingerprint density at radius 2 is 2.05 bits per heavy atom. The topological polar surface area (TPSA) is 60.9 Å². The average Bonchev–Trinajstić information content (AvgIpc) is 2.79. The van der Waals surface area contributed by atoms with Gasteiger partial charge in [0, 0.05) is 25.8 Å². The highest BCUT2D eigenvalue weighted by molar-refractivity contribution is 5.92. The van der Waals surface area contributed by atoms with Crippen LogP contribution in [0.15, 0.2) is 24.3 Å². The van der Waals surface area contributed by atoms with Crippen LogP contribution in [0.5, 0.6) is 0 Å². The number of nitrogens with zero attached hydrogens (tertiary/aromatic N) is 2. The van der Waals surface area contributed by atoms with Crippen molar-refractivity contribution in [2.45, 2.75) is 13.8 Å². The summed E-state index contributed by atoms with van der Waals surface area (Å²) in [6.45, 7) is 4.62. The minimum atomic E-state index is -0.828. The predicted molar refractivity (Wildman–Crippen MR) is 76.8 cm³/mol. The number of urea groups is 1. The highest BCUT2D eigenvalue weighted by Gasteiger charge is 2.38. The largest absolute Gasteiger partial charge is 0.481 e. The lowest BCUT2D eigenvalue weighted by Crippen LogP contribution is -2.40. The molecule has 0 unspecified atom stereocenters. The maximum atomic E-state index is 12.4. The number of hydrogen-bond acceptors (Lipinski definition) is 2. The number of hydrogen-bond donors (Lipinski definition) is 1. The number of carboxylic acid groups (broad SMARTS) is 1. The zero-order valence-corrected chi connectivity index (χ0v) is 12.0. The summed E-state index contributed by atoms with van der Waals surface area (Å²) < 4.78 is 0. The zero-order chi connectivity index (χ0) is 14.9. The van der Waals surface area contributed by atoms with Crippen molar-refractivity contribution in [1.82, 2.24) is 4.90 Å². The molecule has 0 radical (unpaired) electrons. The third-order valence-electron chi connectivity index (χ3n) is 3.88. The van der Waals surface area contributed by atoms with E-state index in [2.05, 4.69) is 0 Å². The molecule has 0 aromatic heterocycles. The van der Waals surface area contributed by atoms with Gasteiger partial charge in [-0.25, -0.2) is 4.79 Å². The number of carbonyl (C=O) groups is 2. The third-order valence-corrected chi connectivity index (χ3v) is 3.88. The van der Waals surface area contributed by atoms with Crippen LogP contribution in [-0.4, -0.2) is 42.1 Å². The van der Waals surface area contributed by atoms with Crippen LogP contribution < -0.4 is 4.90 Å². The standard InChI is InChI=1S/C15H20N2O3/c1-10-5-4-6-12(7-10)16(3)15(20)17-8-11(2)13(9-17)14(18)19/h4-7,11,13H,8-9H2,1-3H3,(H,18,19)/t11-,13-/m1/s1. The van der Waals surface area contributed by atoms with Gasteiger partial charge in [0.05, 0.1) is 5.92 Å². The molecule has 1 aromatic carbocycles. The molecule has 0 saturated carbocycles. The maximum Gasteiger partial charge on any atom is 0.324 e. The lowest BCUT2D eigenvalue weighted by atomic mass is 9.99. The Morgan fingerprint density at radius 1 is 1.35 bits per heavy atom. The Morgan fingerprint density at radius 3 is 2.60 bits per heavy atom. The Hall–Kier alpha value is -2.04. The fourth-order valence-corrected chi connectivity index (χ4v) is 2.60. The first kappa shape index (κ1) is 14.4. The third kappa shape index (κ3) is 2.76. The summed E-state index contributed by atoms with van der Waals surface area (Å²) in [6.07, 6.45) is 0. The number of carboxylic acids is 1. The van der Waals surface area contributed by atoms with E-state index in [1.54, 1.807) is 16.8 Å². The fourth-order valence-electron chi connectivity index (χ4n) is 2.60. The van der Waals surface area contributed by atoms with Crippen molar-refractivity contribution in [3.8, 4) is 0 Å². The summed E-state index contributed by atoms with van der Waals surface area (Å²) in [5.41, 5.74) is 1.90. The van der Waals surface area contributed by atoms with Gasteiger partial charge in [-0.3, -0.25) is 9.69 Å². The van der Waals surface area contributed by atoms with Crippen molar-refractivity contribution in [1.29, 1.82) is 0 Å². The van der Waals surface area contributed by atoms with Gasteiger partial charge in [-0.05, 0) is 30.5 Å². The van der Waals surface area contributed by atoms with Crippen LogP contribution in [0.1, 0.15) is 12.5 Å². The summed E-state index contributed by atoms with van der Waals surface area (Å²) in [4.78, 5) is 26.7. The highest BCUT2D eigenvalue weighted by Crippen LogP contribution is 2.25. The van der Waals surface area contributed by atoms with Crippen LogP contribution in [0.25, 0.3) is 0 Å². The van der Waals surface area contributed by atoms with Crippen molar-refractivity contribution in [2.75, 3.05) is 25.0 Å². The molecule has 1 N–H and O–H groups in total. The van der Waals surface area contributed by atoms with Gasteiger partial charge in [0.25, 0.3) is 0 Å². The Labute approximate surface area is 118 Å². The van der Waals surface area contributed by atoms with Gasteiger partial charge < -0.3 is 10.0 Å². The van der Waals surface area contributed by atoms with Gasteiger partial charge in [-0.1, -0.05) is 19.1 Å². The molecule has 2 atom stereocenters. The van der Waals surface area contributed by atoms with E-state index < -0.39 is 11.9 Å². The minimum Gasteiger partial charge on any atom is -0.481 e. The maximum absolute atomic E-state index is 12.4. The molecule has 1 fully saturated rings. The second kappa shape index (κ2) is 5.53. The molecule has 1 saturated heterocycles. The monoisotopic (exact) mass is 276 g/mol. The zero-order valence-electron chi connectivity index (χ0n) is 12.0. The molecule has 1 aliphatic heterocycles. The summed E-state index contributed by atoms with van der Waals surface area (Å²) >= 11 is 0. The molecule has 2 amide bonds. The van der Waals surface area contributed by atoms with Gasteiger partial charge in [-0.15, -0.1) is 0 Å². The van der Waals surface area contributed by atoms with Gasteiger partial charge in [0.15, 0.2) is 0 Å². The van der Waals surface area contributed by atoms with E-state index in [0.29, 0.717) is 6.54 Å². The summed E-state index contributed by atoms with van der Waals surface area (Å²) in [6, 6.07) is 7.54. The molecule has 1 aromatic rings. The second-order valence-corrected chi connectivity index (χ2v) is 5.51. The van der Waals surface area contributed by atoms with Gasteiger partial charge >= 0.3 is 12.0 Å². The number of aryl methyl sites for hydroxylation is 1. The van der Waals surface area contributed by atoms with Crippen LogP contribution in [0.2, 0.25) is 0 Å².